The minimum atomic E-state index is -4.42. The van der Waals surface area contributed by atoms with E-state index in [4.69, 9.17) is 0 Å². The molecule has 150 valence electrons. The summed E-state index contributed by atoms with van der Waals surface area (Å²) in [4.78, 5) is 35.0. The molecule has 0 unspecified atom stereocenters. The van der Waals surface area contributed by atoms with Crippen molar-refractivity contribution in [1.29, 1.82) is 0 Å². The molecule has 1 N–H and O–H groups in total. The molecular formula is C20H17F3N4O2. The lowest BCUT2D eigenvalue weighted by Gasteiger charge is -2.35. The van der Waals surface area contributed by atoms with Gasteiger partial charge < -0.3 is 14.8 Å². The van der Waals surface area contributed by atoms with Gasteiger partial charge in [0.05, 0.1) is 5.56 Å². The predicted molar refractivity (Wildman–Crippen MR) is 102 cm³/mol. The van der Waals surface area contributed by atoms with Crippen LogP contribution in [0.25, 0.3) is 10.8 Å². The van der Waals surface area contributed by atoms with E-state index in [1.54, 1.807) is 35.2 Å². The van der Waals surface area contributed by atoms with Gasteiger partial charge in [0.25, 0.3) is 11.5 Å². The molecule has 1 aliphatic rings. The summed E-state index contributed by atoms with van der Waals surface area (Å²) in [5.41, 5.74) is -0.899. The lowest BCUT2D eigenvalue weighted by atomic mass is 10.1. The number of hydrogen-bond acceptors (Lipinski definition) is 4. The molecule has 0 atom stereocenters. The van der Waals surface area contributed by atoms with E-state index in [0.29, 0.717) is 42.8 Å². The molecule has 1 aliphatic heterocycles. The second kappa shape index (κ2) is 7.23. The Balaban J connectivity index is 1.46. The maximum atomic E-state index is 12.8. The van der Waals surface area contributed by atoms with Crippen molar-refractivity contribution < 1.29 is 18.0 Å². The second-order valence-electron chi connectivity index (χ2n) is 6.78. The number of carbonyl (C=O) groups excluding carboxylic acids is 1. The third kappa shape index (κ3) is 3.80. The van der Waals surface area contributed by atoms with Crippen LogP contribution in [0.5, 0.6) is 0 Å². The zero-order valence-electron chi connectivity index (χ0n) is 15.2. The van der Waals surface area contributed by atoms with E-state index in [0.717, 1.165) is 12.3 Å². The molecule has 3 aromatic rings. The van der Waals surface area contributed by atoms with Crippen molar-refractivity contribution in [2.45, 2.75) is 6.18 Å². The Morgan fingerprint density at radius 2 is 1.76 bits per heavy atom. The quantitative estimate of drug-likeness (QED) is 0.716. The minimum absolute atomic E-state index is 0.217. The fourth-order valence-electron chi connectivity index (χ4n) is 3.38. The van der Waals surface area contributed by atoms with Crippen LogP contribution in [0, 0.1) is 0 Å². The first-order chi connectivity index (χ1) is 13.8. The van der Waals surface area contributed by atoms with Gasteiger partial charge in [0.1, 0.15) is 11.5 Å². The number of nitrogens with one attached hydrogen (secondary N) is 1. The standard InChI is InChI=1S/C20H17F3N4O2/c21-20(22,23)14-5-6-17(24-12-14)26-7-9-27(10-8-26)19(29)16-11-13-3-1-2-4-15(13)18(28)25-16/h1-6,11-12H,7-10H2,(H,25,28). The van der Waals surface area contributed by atoms with E-state index < -0.39 is 11.7 Å². The number of aromatic nitrogens is 2. The summed E-state index contributed by atoms with van der Waals surface area (Å²) in [6.07, 6.45) is -3.61. The van der Waals surface area contributed by atoms with Crippen molar-refractivity contribution in [1.82, 2.24) is 14.9 Å². The lowest BCUT2D eigenvalue weighted by molar-refractivity contribution is -0.137. The SMILES string of the molecule is O=C(c1cc2ccccc2c(=O)[nH]1)N1CCN(c2ccc(C(F)(F)F)cn2)CC1. The third-order valence-corrected chi connectivity index (χ3v) is 4.95. The number of nitrogens with zero attached hydrogens (tertiary/aromatic N) is 3. The first kappa shape index (κ1) is 19.0. The summed E-state index contributed by atoms with van der Waals surface area (Å²) in [5.74, 6) is 0.150. The molecule has 1 saturated heterocycles. The highest BCUT2D eigenvalue weighted by Gasteiger charge is 2.31. The van der Waals surface area contributed by atoms with E-state index in [1.165, 1.54) is 6.07 Å². The number of halogens is 3. The monoisotopic (exact) mass is 402 g/mol. The molecule has 3 heterocycles. The van der Waals surface area contributed by atoms with Gasteiger partial charge in [-0.3, -0.25) is 9.59 Å². The zero-order chi connectivity index (χ0) is 20.6. The summed E-state index contributed by atoms with van der Waals surface area (Å²) in [6, 6.07) is 11.0. The van der Waals surface area contributed by atoms with Crippen molar-refractivity contribution in [3.05, 3.63) is 70.3 Å². The number of pyridine rings is 2. The molecular weight excluding hydrogens is 385 g/mol. The Hall–Kier alpha value is -3.36. The molecule has 6 nitrogen and oxygen atoms in total. The van der Waals surface area contributed by atoms with Gasteiger partial charge in [0.2, 0.25) is 0 Å². The molecule has 9 heteroatoms. The first-order valence-electron chi connectivity index (χ1n) is 9.02. The van der Waals surface area contributed by atoms with Gasteiger partial charge in [0.15, 0.2) is 0 Å². The molecule has 29 heavy (non-hydrogen) atoms. The lowest BCUT2D eigenvalue weighted by Crippen LogP contribution is -2.49. The Labute approximate surface area is 163 Å². The van der Waals surface area contributed by atoms with E-state index in [-0.39, 0.29) is 17.2 Å². The number of alkyl halides is 3. The molecule has 0 spiro atoms. The van der Waals surface area contributed by atoms with Crippen molar-refractivity contribution in [3.8, 4) is 0 Å². The molecule has 2 aromatic heterocycles. The first-order valence-corrected chi connectivity index (χ1v) is 9.02. The second-order valence-corrected chi connectivity index (χ2v) is 6.78. The van der Waals surface area contributed by atoms with Gasteiger partial charge in [-0.2, -0.15) is 13.2 Å². The summed E-state index contributed by atoms with van der Waals surface area (Å²) in [6.45, 7) is 1.61. The van der Waals surface area contributed by atoms with Crippen molar-refractivity contribution >= 4 is 22.5 Å². The van der Waals surface area contributed by atoms with Gasteiger partial charge in [-0.15, -0.1) is 0 Å². The minimum Gasteiger partial charge on any atom is -0.353 e. The van der Waals surface area contributed by atoms with E-state index in [9.17, 15) is 22.8 Å². The normalized spacial score (nSPS) is 15.0. The predicted octanol–water partition coefficient (Wildman–Crippen LogP) is 2.90. The van der Waals surface area contributed by atoms with Crippen LogP contribution in [-0.2, 0) is 6.18 Å². The Morgan fingerprint density at radius 1 is 1.03 bits per heavy atom. The van der Waals surface area contributed by atoms with Crippen LogP contribution in [-0.4, -0.2) is 47.0 Å². The van der Waals surface area contributed by atoms with E-state index in [2.05, 4.69) is 9.97 Å². The van der Waals surface area contributed by atoms with Crippen LogP contribution in [0.3, 0.4) is 0 Å². The summed E-state index contributed by atoms with van der Waals surface area (Å²) in [7, 11) is 0. The molecule has 4 rings (SSSR count). The molecule has 0 aliphatic carbocycles. The topological polar surface area (TPSA) is 69.3 Å². The number of carbonyl (C=O) groups is 1. The van der Waals surface area contributed by atoms with Crippen molar-refractivity contribution in [2.75, 3.05) is 31.1 Å². The Bertz CT molecular complexity index is 1100. The van der Waals surface area contributed by atoms with Crippen LogP contribution in [0.15, 0.2) is 53.5 Å². The fourth-order valence-corrected chi connectivity index (χ4v) is 3.38. The number of hydrogen-bond donors (Lipinski definition) is 1. The van der Waals surface area contributed by atoms with Crippen LogP contribution in [0.4, 0.5) is 19.0 Å². The fraction of sp³-hybridized carbons (Fsp3) is 0.250. The van der Waals surface area contributed by atoms with Crippen molar-refractivity contribution in [2.24, 2.45) is 0 Å². The maximum Gasteiger partial charge on any atom is 0.417 e. The molecule has 1 fully saturated rings. The Morgan fingerprint density at radius 3 is 2.41 bits per heavy atom. The summed E-state index contributed by atoms with van der Waals surface area (Å²) < 4.78 is 38.0. The average Bonchev–Trinajstić information content (AvgIpc) is 2.73. The van der Waals surface area contributed by atoms with Crippen molar-refractivity contribution in [3.63, 3.8) is 0 Å². The highest BCUT2D eigenvalue weighted by atomic mass is 19.4. The van der Waals surface area contributed by atoms with Crippen LogP contribution in [0.1, 0.15) is 16.1 Å². The summed E-state index contributed by atoms with van der Waals surface area (Å²) in [5, 5.41) is 1.20. The molecule has 0 radical (unpaired) electrons. The van der Waals surface area contributed by atoms with Gasteiger partial charge in [-0.1, -0.05) is 18.2 Å². The maximum absolute atomic E-state index is 12.8. The average molecular weight is 402 g/mol. The number of anilines is 1. The van der Waals surface area contributed by atoms with E-state index in [1.807, 2.05) is 4.90 Å². The molecule has 1 amide bonds. The number of benzene rings is 1. The van der Waals surface area contributed by atoms with Crippen LogP contribution in [0.2, 0.25) is 0 Å². The number of aromatic amines is 1. The van der Waals surface area contributed by atoms with Gasteiger partial charge in [0, 0.05) is 37.8 Å². The largest absolute Gasteiger partial charge is 0.417 e. The highest BCUT2D eigenvalue weighted by Crippen LogP contribution is 2.29. The Kier molecular flexibility index (Phi) is 4.73. The molecule has 1 aromatic carbocycles. The van der Waals surface area contributed by atoms with Gasteiger partial charge >= 0.3 is 6.18 Å². The summed E-state index contributed by atoms with van der Waals surface area (Å²) >= 11 is 0. The third-order valence-electron chi connectivity index (χ3n) is 4.95. The van der Waals surface area contributed by atoms with Gasteiger partial charge in [-0.25, -0.2) is 4.98 Å². The zero-order valence-corrected chi connectivity index (χ0v) is 15.2. The number of rotatable bonds is 2. The van der Waals surface area contributed by atoms with E-state index >= 15 is 0 Å². The number of H-pyrrole nitrogens is 1. The number of piperazine rings is 1. The van der Waals surface area contributed by atoms with Crippen LogP contribution < -0.4 is 10.5 Å². The number of amides is 1. The smallest absolute Gasteiger partial charge is 0.353 e. The van der Waals surface area contributed by atoms with Gasteiger partial charge in [-0.05, 0) is 29.7 Å². The molecule has 0 bridgehead atoms. The number of fused-ring (bicyclic) bond motifs is 1. The molecule has 0 saturated carbocycles. The van der Waals surface area contributed by atoms with Crippen LogP contribution >= 0.6 is 0 Å². The highest BCUT2D eigenvalue weighted by molar-refractivity contribution is 5.96.